The summed E-state index contributed by atoms with van der Waals surface area (Å²) in [4.78, 5) is 28.5. The molecule has 2 aromatic rings. The van der Waals surface area contributed by atoms with E-state index in [1.54, 1.807) is 36.4 Å². The number of carbonyl (C=O) groups is 2. The number of nitrogens with one attached hydrogen (secondary N) is 1. The third-order valence-corrected chi connectivity index (χ3v) is 8.14. The molecule has 36 heavy (non-hydrogen) atoms. The van der Waals surface area contributed by atoms with Gasteiger partial charge in [0.2, 0.25) is 21.8 Å². The van der Waals surface area contributed by atoms with Crippen LogP contribution in [0.4, 0.5) is 5.69 Å². The first-order valence-corrected chi connectivity index (χ1v) is 14.7. The zero-order valence-corrected chi connectivity index (χ0v) is 23.2. The monoisotopic (exact) mass is 553 g/mol. The average molecular weight is 555 g/mol. The van der Waals surface area contributed by atoms with Crippen molar-refractivity contribution >= 4 is 50.7 Å². The van der Waals surface area contributed by atoms with E-state index in [4.69, 9.17) is 23.2 Å². The summed E-state index contributed by atoms with van der Waals surface area (Å²) < 4.78 is 26.5. The average Bonchev–Trinajstić information content (AvgIpc) is 3.30. The lowest BCUT2D eigenvalue weighted by molar-refractivity contribution is -0.140. The number of amides is 2. The summed E-state index contributed by atoms with van der Waals surface area (Å²) >= 11 is 12.5. The molecule has 0 bridgehead atoms. The summed E-state index contributed by atoms with van der Waals surface area (Å²) in [5.41, 5.74) is 1.86. The highest BCUT2D eigenvalue weighted by Gasteiger charge is 2.33. The van der Waals surface area contributed by atoms with Crippen LogP contribution in [0.25, 0.3) is 0 Å². The highest BCUT2D eigenvalue weighted by Crippen LogP contribution is 2.26. The van der Waals surface area contributed by atoms with E-state index < -0.39 is 28.5 Å². The molecule has 2 aromatic carbocycles. The predicted molar refractivity (Wildman–Crippen MR) is 145 cm³/mol. The number of hydrogen-bond donors (Lipinski definition) is 1. The van der Waals surface area contributed by atoms with Gasteiger partial charge in [0.15, 0.2) is 0 Å². The van der Waals surface area contributed by atoms with Crippen molar-refractivity contribution in [2.75, 3.05) is 17.1 Å². The quantitative estimate of drug-likeness (QED) is 0.451. The Morgan fingerprint density at radius 3 is 2.39 bits per heavy atom. The van der Waals surface area contributed by atoms with Gasteiger partial charge < -0.3 is 10.2 Å². The van der Waals surface area contributed by atoms with E-state index in [1.165, 1.54) is 4.90 Å². The summed E-state index contributed by atoms with van der Waals surface area (Å²) in [7, 11) is -3.78. The van der Waals surface area contributed by atoms with Crippen LogP contribution in [0.5, 0.6) is 0 Å². The minimum absolute atomic E-state index is 0.0385. The molecule has 0 aromatic heterocycles. The Morgan fingerprint density at radius 2 is 1.81 bits per heavy atom. The van der Waals surface area contributed by atoms with Gasteiger partial charge in [0.25, 0.3) is 0 Å². The van der Waals surface area contributed by atoms with Gasteiger partial charge in [0.05, 0.1) is 11.9 Å². The molecule has 0 unspecified atom stereocenters. The molecular formula is C26H33Cl2N3O4S. The Kier molecular flexibility index (Phi) is 9.66. The molecule has 2 amide bonds. The molecule has 1 N–H and O–H groups in total. The third-order valence-electron chi connectivity index (χ3n) is 6.41. The maximum Gasteiger partial charge on any atom is 0.244 e. The van der Waals surface area contributed by atoms with Crippen molar-refractivity contribution in [2.45, 2.75) is 64.6 Å². The Labute approximate surface area is 223 Å². The minimum Gasteiger partial charge on any atom is -0.352 e. The second-order valence-corrected chi connectivity index (χ2v) is 12.0. The van der Waals surface area contributed by atoms with Gasteiger partial charge in [0.1, 0.15) is 12.6 Å². The zero-order valence-electron chi connectivity index (χ0n) is 20.8. The summed E-state index contributed by atoms with van der Waals surface area (Å²) in [5, 5.41) is 3.90. The van der Waals surface area contributed by atoms with Gasteiger partial charge in [-0.25, -0.2) is 8.42 Å². The van der Waals surface area contributed by atoms with Crippen molar-refractivity contribution in [1.29, 1.82) is 0 Å². The number of anilines is 1. The minimum atomic E-state index is -3.78. The number of rotatable bonds is 10. The first-order chi connectivity index (χ1) is 17.0. The lowest BCUT2D eigenvalue weighted by atomic mass is 10.1. The van der Waals surface area contributed by atoms with Crippen molar-refractivity contribution in [1.82, 2.24) is 10.2 Å². The summed E-state index contributed by atoms with van der Waals surface area (Å²) in [6.07, 6.45) is 5.36. The van der Waals surface area contributed by atoms with E-state index in [0.29, 0.717) is 27.7 Å². The van der Waals surface area contributed by atoms with E-state index in [9.17, 15) is 18.0 Å². The maximum atomic E-state index is 13.8. The number of benzene rings is 2. The molecular weight excluding hydrogens is 521 g/mol. The zero-order chi connectivity index (χ0) is 26.5. The lowest BCUT2D eigenvalue weighted by Gasteiger charge is -2.33. The molecule has 0 heterocycles. The predicted octanol–water partition coefficient (Wildman–Crippen LogP) is 4.93. The van der Waals surface area contributed by atoms with E-state index in [0.717, 1.165) is 41.8 Å². The highest BCUT2D eigenvalue weighted by molar-refractivity contribution is 7.92. The van der Waals surface area contributed by atoms with E-state index in [-0.39, 0.29) is 18.5 Å². The van der Waals surface area contributed by atoms with Crippen molar-refractivity contribution in [2.24, 2.45) is 0 Å². The highest BCUT2D eigenvalue weighted by atomic mass is 35.5. The molecule has 10 heteroatoms. The number of aryl methyl sites for hydroxylation is 1. The molecule has 0 aliphatic heterocycles. The maximum absolute atomic E-state index is 13.8. The molecule has 7 nitrogen and oxygen atoms in total. The largest absolute Gasteiger partial charge is 0.352 e. The summed E-state index contributed by atoms with van der Waals surface area (Å²) in [6.45, 7) is 3.27. The molecule has 196 valence electrons. The Bertz CT molecular complexity index is 1200. The summed E-state index contributed by atoms with van der Waals surface area (Å²) in [5.74, 6) is -0.745. The van der Waals surface area contributed by atoms with Crippen LogP contribution >= 0.6 is 23.2 Å². The van der Waals surface area contributed by atoms with E-state index in [1.807, 2.05) is 19.9 Å². The third kappa shape index (κ3) is 7.37. The van der Waals surface area contributed by atoms with Gasteiger partial charge in [0, 0.05) is 22.6 Å². The van der Waals surface area contributed by atoms with Gasteiger partial charge in [-0.2, -0.15) is 0 Å². The molecule has 1 aliphatic rings. The van der Waals surface area contributed by atoms with E-state index in [2.05, 4.69) is 5.32 Å². The fourth-order valence-corrected chi connectivity index (χ4v) is 5.83. The van der Waals surface area contributed by atoms with Crippen LogP contribution in [-0.4, -0.2) is 50.0 Å². The van der Waals surface area contributed by atoms with Gasteiger partial charge in [-0.3, -0.25) is 13.9 Å². The lowest BCUT2D eigenvalue weighted by Crippen LogP contribution is -2.53. The van der Waals surface area contributed by atoms with E-state index >= 15 is 0 Å². The number of sulfonamides is 1. The SMILES string of the molecule is CC[C@H](C(=O)NC1CCCC1)N(Cc1ccc(Cl)cc1Cl)C(=O)CN(c1cccc(C)c1)S(C)(=O)=O. The fourth-order valence-electron chi connectivity index (χ4n) is 4.52. The molecule has 1 atom stereocenters. The Morgan fingerprint density at radius 1 is 1.11 bits per heavy atom. The van der Waals surface area contributed by atoms with Crippen molar-refractivity contribution in [3.05, 3.63) is 63.6 Å². The number of halogens is 2. The molecule has 1 fully saturated rings. The van der Waals surface area contributed by atoms with Gasteiger partial charge in [-0.05, 0) is 61.6 Å². The topological polar surface area (TPSA) is 86.8 Å². The molecule has 1 aliphatic carbocycles. The van der Waals surface area contributed by atoms with Crippen molar-refractivity contribution in [3.8, 4) is 0 Å². The van der Waals surface area contributed by atoms with Gasteiger partial charge >= 0.3 is 0 Å². The van der Waals surface area contributed by atoms with Crippen molar-refractivity contribution < 1.29 is 18.0 Å². The van der Waals surface area contributed by atoms with Crippen LogP contribution in [0.2, 0.25) is 10.0 Å². The second kappa shape index (κ2) is 12.3. The Balaban J connectivity index is 1.95. The standard InChI is InChI=1S/C26H33Cl2N3O4S/c1-4-24(26(33)29-21-9-5-6-10-21)30(16-19-12-13-20(27)15-23(19)28)25(32)17-31(36(3,34)35)22-11-7-8-18(2)14-22/h7-8,11-15,21,24H,4-6,9-10,16-17H2,1-3H3,(H,29,33)/t24-/m1/s1. The van der Waals surface area contributed by atoms with Crippen molar-refractivity contribution in [3.63, 3.8) is 0 Å². The molecule has 1 saturated carbocycles. The Hall–Kier alpha value is -2.29. The number of nitrogens with zero attached hydrogens (tertiary/aromatic N) is 2. The molecule has 0 radical (unpaired) electrons. The van der Waals surface area contributed by atoms with Gasteiger partial charge in [-0.1, -0.05) is 61.2 Å². The number of hydrogen-bond acceptors (Lipinski definition) is 4. The normalized spacial score (nSPS) is 14.9. The van der Waals surface area contributed by atoms with Crippen LogP contribution in [0.3, 0.4) is 0 Å². The molecule has 0 saturated heterocycles. The molecule has 3 rings (SSSR count). The van der Waals surface area contributed by atoms with Gasteiger partial charge in [-0.15, -0.1) is 0 Å². The molecule has 0 spiro atoms. The smallest absolute Gasteiger partial charge is 0.244 e. The van der Waals surface area contributed by atoms with Crippen LogP contribution in [0.15, 0.2) is 42.5 Å². The van der Waals surface area contributed by atoms with Crippen LogP contribution in [0, 0.1) is 6.92 Å². The second-order valence-electron chi connectivity index (χ2n) is 9.28. The fraction of sp³-hybridized carbons (Fsp3) is 0.462. The number of carbonyl (C=O) groups excluding carboxylic acids is 2. The first kappa shape index (κ1) is 28.3. The van der Waals surface area contributed by atoms with Crippen LogP contribution in [0.1, 0.15) is 50.2 Å². The van der Waals surface area contributed by atoms with Crippen LogP contribution < -0.4 is 9.62 Å². The van der Waals surface area contributed by atoms with Crippen LogP contribution in [-0.2, 0) is 26.2 Å². The summed E-state index contributed by atoms with van der Waals surface area (Å²) in [6, 6.07) is 11.2. The first-order valence-electron chi connectivity index (χ1n) is 12.1.